The average Bonchev–Trinajstić information content (AvgIpc) is 2.28. The molecule has 0 unspecified atom stereocenters. The van der Waals surface area contributed by atoms with Crippen LogP contribution in [0.2, 0.25) is 0 Å². The van der Waals surface area contributed by atoms with Crippen LogP contribution in [0.15, 0.2) is 28.7 Å². The van der Waals surface area contributed by atoms with Crippen LogP contribution in [0.3, 0.4) is 0 Å². The van der Waals surface area contributed by atoms with Crippen molar-refractivity contribution < 1.29 is 27.1 Å². The number of ether oxygens (including phenoxy) is 1. The zero-order valence-corrected chi connectivity index (χ0v) is 11.3. The Labute approximate surface area is 115 Å². The second-order valence-electron chi connectivity index (χ2n) is 3.90. The van der Waals surface area contributed by atoms with Gasteiger partial charge in [0.2, 0.25) is 0 Å². The maximum Gasteiger partial charge on any atom is 0.330 e. The molecule has 106 valence electrons. The molecule has 7 heteroatoms. The fourth-order valence-corrected chi connectivity index (χ4v) is 1.74. The summed E-state index contributed by atoms with van der Waals surface area (Å²) < 4.78 is 53.7. The van der Waals surface area contributed by atoms with Crippen LogP contribution >= 0.6 is 15.9 Å². The summed E-state index contributed by atoms with van der Waals surface area (Å²) in [6, 6.07) is 6.88. The van der Waals surface area contributed by atoms with E-state index in [1.807, 2.05) is 0 Å². The van der Waals surface area contributed by atoms with Crippen LogP contribution in [0, 0.1) is 0 Å². The Balaban J connectivity index is 2.37. The van der Waals surface area contributed by atoms with Gasteiger partial charge in [-0.3, -0.25) is 4.79 Å². The Bertz CT molecular complexity index is 437. The number of carbonyl (C=O) groups excluding carboxylic acids is 1. The van der Waals surface area contributed by atoms with Gasteiger partial charge in [0.05, 0.1) is 0 Å². The van der Waals surface area contributed by atoms with E-state index >= 15 is 0 Å². The van der Waals surface area contributed by atoms with Crippen molar-refractivity contribution in [3.63, 3.8) is 0 Å². The highest BCUT2D eigenvalue weighted by molar-refractivity contribution is 9.10. The summed E-state index contributed by atoms with van der Waals surface area (Å²) in [5.74, 6) is -4.68. The second-order valence-corrected chi connectivity index (χ2v) is 4.82. The first-order chi connectivity index (χ1) is 8.81. The smallest absolute Gasteiger partial charge is 0.330 e. The quantitative estimate of drug-likeness (QED) is 0.709. The van der Waals surface area contributed by atoms with Crippen molar-refractivity contribution in [2.75, 3.05) is 13.2 Å². The van der Waals surface area contributed by atoms with Gasteiger partial charge in [0.1, 0.15) is 13.2 Å². The van der Waals surface area contributed by atoms with Crippen molar-refractivity contribution in [2.45, 2.75) is 18.8 Å². The summed E-state index contributed by atoms with van der Waals surface area (Å²) in [6.45, 7) is -2.08. The Kier molecular flexibility index (Phi) is 5.93. The molecule has 0 aromatic heterocycles. The lowest BCUT2D eigenvalue weighted by molar-refractivity contribution is -0.168. The number of alkyl halides is 4. The largest absolute Gasteiger partial charge is 0.367 e. The zero-order valence-electron chi connectivity index (χ0n) is 9.71. The lowest BCUT2D eigenvalue weighted by atomic mass is 10.1. The standard InChI is InChI=1S/C12H11BrF4O2/c13-9-3-1-2-8(4-9)5-10(18)6-19-7-12(16,17)11(14)15/h1-4,11H,5-7H2. The highest BCUT2D eigenvalue weighted by atomic mass is 79.9. The lowest BCUT2D eigenvalue weighted by Gasteiger charge is -2.14. The van der Waals surface area contributed by atoms with Crippen molar-refractivity contribution >= 4 is 21.7 Å². The van der Waals surface area contributed by atoms with Gasteiger partial charge in [-0.05, 0) is 17.7 Å². The van der Waals surface area contributed by atoms with Gasteiger partial charge >= 0.3 is 12.3 Å². The molecule has 1 aromatic carbocycles. The number of Topliss-reactive ketones (excluding diaryl/α,β-unsaturated/α-hetero) is 1. The average molecular weight is 343 g/mol. The zero-order chi connectivity index (χ0) is 14.5. The van der Waals surface area contributed by atoms with Gasteiger partial charge in [0, 0.05) is 10.9 Å². The molecule has 0 aliphatic rings. The summed E-state index contributed by atoms with van der Waals surface area (Å²) in [4.78, 5) is 11.4. The fourth-order valence-electron chi connectivity index (χ4n) is 1.29. The third kappa shape index (κ3) is 5.69. The molecule has 0 aliphatic carbocycles. The third-order valence-corrected chi connectivity index (χ3v) is 2.66. The van der Waals surface area contributed by atoms with E-state index in [0.29, 0.717) is 5.56 Å². The summed E-state index contributed by atoms with van der Waals surface area (Å²) in [5, 5.41) is 0. The van der Waals surface area contributed by atoms with Gasteiger partial charge in [0.25, 0.3) is 0 Å². The Morgan fingerprint density at radius 2 is 2.05 bits per heavy atom. The van der Waals surface area contributed by atoms with E-state index < -0.39 is 31.3 Å². The lowest BCUT2D eigenvalue weighted by Crippen LogP contribution is -2.33. The molecule has 0 aliphatic heterocycles. The topological polar surface area (TPSA) is 26.3 Å². The van der Waals surface area contributed by atoms with Gasteiger partial charge in [-0.15, -0.1) is 0 Å². The monoisotopic (exact) mass is 342 g/mol. The van der Waals surface area contributed by atoms with Gasteiger partial charge < -0.3 is 4.74 Å². The minimum atomic E-state index is -4.23. The summed E-state index contributed by atoms with van der Waals surface area (Å²) in [7, 11) is 0. The fraction of sp³-hybridized carbons (Fsp3) is 0.417. The summed E-state index contributed by atoms with van der Waals surface area (Å²) in [5.41, 5.74) is 0.684. The predicted molar refractivity (Wildman–Crippen MR) is 64.6 cm³/mol. The van der Waals surface area contributed by atoms with Crippen molar-refractivity contribution in [1.29, 1.82) is 0 Å². The Hall–Kier alpha value is -0.950. The number of hydrogen-bond donors (Lipinski definition) is 0. The van der Waals surface area contributed by atoms with Crippen LogP contribution in [0.5, 0.6) is 0 Å². The molecule has 0 atom stereocenters. The van der Waals surface area contributed by atoms with E-state index in [1.165, 1.54) is 0 Å². The highest BCUT2D eigenvalue weighted by Crippen LogP contribution is 2.22. The van der Waals surface area contributed by atoms with E-state index in [4.69, 9.17) is 0 Å². The van der Waals surface area contributed by atoms with Crippen molar-refractivity contribution in [1.82, 2.24) is 0 Å². The SMILES string of the molecule is O=C(COCC(F)(F)C(F)F)Cc1cccc(Br)c1. The van der Waals surface area contributed by atoms with Gasteiger partial charge in [-0.1, -0.05) is 28.1 Å². The number of ketones is 1. The maximum absolute atomic E-state index is 12.5. The number of halogens is 5. The van der Waals surface area contributed by atoms with E-state index in [2.05, 4.69) is 20.7 Å². The van der Waals surface area contributed by atoms with Crippen LogP contribution in [-0.2, 0) is 16.0 Å². The van der Waals surface area contributed by atoms with Crippen molar-refractivity contribution in [3.8, 4) is 0 Å². The molecular weight excluding hydrogens is 332 g/mol. The first kappa shape index (κ1) is 16.1. The first-order valence-corrected chi connectivity index (χ1v) is 6.10. The minimum Gasteiger partial charge on any atom is -0.367 e. The first-order valence-electron chi connectivity index (χ1n) is 5.31. The molecule has 0 fully saturated rings. The van der Waals surface area contributed by atoms with Crippen LogP contribution in [-0.4, -0.2) is 31.3 Å². The van der Waals surface area contributed by atoms with Crippen molar-refractivity contribution in [2.24, 2.45) is 0 Å². The molecule has 19 heavy (non-hydrogen) atoms. The van der Waals surface area contributed by atoms with Crippen molar-refractivity contribution in [3.05, 3.63) is 34.3 Å². The summed E-state index contributed by atoms with van der Waals surface area (Å²) >= 11 is 3.22. The number of carbonyl (C=O) groups is 1. The molecule has 0 spiro atoms. The van der Waals surface area contributed by atoms with Gasteiger partial charge in [0.15, 0.2) is 5.78 Å². The Morgan fingerprint density at radius 3 is 2.63 bits per heavy atom. The highest BCUT2D eigenvalue weighted by Gasteiger charge is 2.41. The van der Waals surface area contributed by atoms with Gasteiger partial charge in [-0.25, -0.2) is 8.78 Å². The number of rotatable bonds is 7. The Morgan fingerprint density at radius 1 is 1.37 bits per heavy atom. The van der Waals surface area contributed by atoms with E-state index in [1.54, 1.807) is 24.3 Å². The molecule has 0 heterocycles. The molecule has 0 N–H and O–H groups in total. The molecule has 0 amide bonds. The normalized spacial score (nSPS) is 11.9. The number of hydrogen-bond acceptors (Lipinski definition) is 2. The molecule has 1 rings (SSSR count). The minimum absolute atomic E-state index is 0.000308. The maximum atomic E-state index is 12.5. The van der Waals surface area contributed by atoms with Crippen LogP contribution < -0.4 is 0 Å². The van der Waals surface area contributed by atoms with Gasteiger partial charge in [-0.2, -0.15) is 8.78 Å². The molecule has 0 radical (unpaired) electrons. The number of benzene rings is 1. The van der Waals surface area contributed by atoms with E-state index in [9.17, 15) is 22.4 Å². The summed E-state index contributed by atoms with van der Waals surface area (Å²) in [6.07, 6.45) is -3.80. The van der Waals surface area contributed by atoms with Crippen LogP contribution in [0.25, 0.3) is 0 Å². The van der Waals surface area contributed by atoms with Crippen LogP contribution in [0.4, 0.5) is 17.6 Å². The van der Waals surface area contributed by atoms with Crippen LogP contribution in [0.1, 0.15) is 5.56 Å². The molecule has 0 saturated heterocycles. The second kappa shape index (κ2) is 7.00. The molecule has 1 aromatic rings. The molecule has 2 nitrogen and oxygen atoms in total. The third-order valence-electron chi connectivity index (χ3n) is 2.17. The van der Waals surface area contributed by atoms with E-state index in [0.717, 1.165) is 4.47 Å². The molecule has 0 saturated carbocycles. The molecular formula is C12H11BrF4O2. The molecule has 0 bridgehead atoms. The predicted octanol–water partition coefficient (Wildman–Crippen LogP) is 3.48. The van der Waals surface area contributed by atoms with E-state index in [-0.39, 0.29) is 6.42 Å².